The second-order valence-corrected chi connectivity index (χ2v) is 5.79. The Bertz CT molecular complexity index is 329. The van der Waals surface area contributed by atoms with Crippen molar-refractivity contribution in [3.8, 4) is 0 Å². The number of carbonyl (C=O) groups is 1. The van der Waals surface area contributed by atoms with E-state index in [4.69, 9.17) is 4.52 Å². The standard InChI is InChI=1S/C10H20NO5P/c1-6-10(12)7-8-11(3,4)9(2)16-17(13,14)15-5/h6,9H,1,7-8H2,2-5H3/p+1. The van der Waals surface area contributed by atoms with Crippen molar-refractivity contribution in [3.63, 3.8) is 0 Å². The highest BCUT2D eigenvalue weighted by Gasteiger charge is 2.32. The summed E-state index contributed by atoms with van der Waals surface area (Å²) in [7, 11) is 0.709. The first kappa shape index (κ1) is 16.5. The topological polar surface area (TPSA) is 72.8 Å². The lowest BCUT2D eigenvalue weighted by Gasteiger charge is -2.35. The smallest absolute Gasteiger partial charge is 0.303 e. The van der Waals surface area contributed by atoms with Gasteiger partial charge in [-0.25, -0.2) is 9.09 Å². The van der Waals surface area contributed by atoms with Gasteiger partial charge in [-0.1, -0.05) is 6.58 Å². The fourth-order valence-electron chi connectivity index (χ4n) is 1.05. The van der Waals surface area contributed by atoms with Gasteiger partial charge in [-0.15, -0.1) is 0 Å². The van der Waals surface area contributed by atoms with Crippen LogP contribution in [0.2, 0.25) is 0 Å². The van der Waals surface area contributed by atoms with E-state index in [0.717, 1.165) is 7.11 Å². The van der Waals surface area contributed by atoms with Gasteiger partial charge in [0.1, 0.15) is 0 Å². The average molecular weight is 266 g/mol. The van der Waals surface area contributed by atoms with E-state index >= 15 is 0 Å². The molecule has 0 radical (unpaired) electrons. The minimum Gasteiger partial charge on any atom is -0.303 e. The molecule has 0 heterocycles. The van der Waals surface area contributed by atoms with Crippen LogP contribution in [0.1, 0.15) is 13.3 Å². The van der Waals surface area contributed by atoms with Crippen molar-refractivity contribution in [2.24, 2.45) is 0 Å². The van der Waals surface area contributed by atoms with E-state index in [1.54, 1.807) is 21.0 Å². The van der Waals surface area contributed by atoms with Crippen molar-refractivity contribution in [2.45, 2.75) is 19.6 Å². The zero-order valence-corrected chi connectivity index (χ0v) is 11.6. The highest BCUT2D eigenvalue weighted by Crippen LogP contribution is 2.44. The number of hydrogen-bond donors (Lipinski definition) is 1. The number of hydrogen-bond acceptors (Lipinski definition) is 4. The Balaban J connectivity index is 4.44. The fraction of sp³-hybridized carbons (Fsp3) is 0.700. The molecule has 0 bridgehead atoms. The van der Waals surface area contributed by atoms with E-state index < -0.39 is 14.1 Å². The van der Waals surface area contributed by atoms with E-state index in [0.29, 0.717) is 13.0 Å². The average Bonchev–Trinajstić information content (AvgIpc) is 2.25. The van der Waals surface area contributed by atoms with E-state index in [2.05, 4.69) is 11.1 Å². The highest BCUT2D eigenvalue weighted by atomic mass is 31.2. The first-order valence-corrected chi connectivity index (χ1v) is 6.69. The van der Waals surface area contributed by atoms with Crippen LogP contribution in [-0.4, -0.2) is 49.1 Å². The van der Waals surface area contributed by atoms with Gasteiger partial charge < -0.3 is 9.38 Å². The Hall–Kier alpha value is -0.520. The molecule has 0 spiro atoms. The molecule has 0 rings (SSSR count). The molecule has 0 aliphatic heterocycles. The van der Waals surface area contributed by atoms with Crippen molar-refractivity contribution >= 4 is 13.6 Å². The third-order valence-electron chi connectivity index (χ3n) is 2.66. The SMILES string of the molecule is C=CC(=O)CC[N+](C)(C)C(C)OP(=O)(O)OC. The summed E-state index contributed by atoms with van der Waals surface area (Å²) in [6.07, 6.45) is 1.01. The molecule has 0 fully saturated rings. The molecule has 0 saturated carbocycles. The Labute approximate surface area is 102 Å². The van der Waals surface area contributed by atoms with E-state index in [1.165, 1.54) is 6.08 Å². The zero-order valence-electron chi connectivity index (χ0n) is 10.8. The molecule has 17 heavy (non-hydrogen) atoms. The molecule has 2 unspecified atom stereocenters. The Morgan fingerprint density at radius 1 is 1.59 bits per heavy atom. The lowest BCUT2D eigenvalue weighted by Crippen LogP contribution is -2.49. The predicted molar refractivity (Wildman–Crippen MR) is 64.2 cm³/mol. The number of phosphoric ester groups is 1. The molecule has 0 aromatic heterocycles. The van der Waals surface area contributed by atoms with Crippen LogP contribution in [0.15, 0.2) is 12.7 Å². The summed E-state index contributed by atoms with van der Waals surface area (Å²) in [5.74, 6) is -0.0673. The zero-order chi connectivity index (χ0) is 13.7. The molecule has 0 aliphatic carbocycles. The minimum absolute atomic E-state index is 0.0673. The number of carbonyl (C=O) groups excluding carboxylic acids is 1. The van der Waals surface area contributed by atoms with Crippen molar-refractivity contribution in [3.05, 3.63) is 12.7 Å². The number of rotatable bonds is 8. The van der Waals surface area contributed by atoms with Gasteiger partial charge in [-0.05, 0) is 6.08 Å². The number of nitrogens with zero attached hydrogens (tertiary/aromatic N) is 1. The maximum atomic E-state index is 11.3. The van der Waals surface area contributed by atoms with Crippen molar-refractivity contribution in [1.29, 1.82) is 0 Å². The molecule has 0 aromatic rings. The summed E-state index contributed by atoms with van der Waals surface area (Å²) < 4.78 is 20.8. The molecule has 0 aromatic carbocycles. The molecular weight excluding hydrogens is 245 g/mol. The van der Waals surface area contributed by atoms with Gasteiger partial charge in [0.25, 0.3) is 0 Å². The molecule has 0 saturated heterocycles. The van der Waals surface area contributed by atoms with Crippen molar-refractivity contribution < 1.29 is 27.8 Å². The van der Waals surface area contributed by atoms with Crippen LogP contribution in [0.5, 0.6) is 0 Å². The van der Waals surface area contributed by atoms with Gasteiger partial charge in [-0.2, -0.15) is 0 Å². The minimum atomic E-state index is -4.00. The Morgan fingerprint density at radius 3 is 2.53 bits per heavy atom. The normalized spacial score (nSPS) is 17.2. The maximum Gasteiger partial charge on any atom is 0.476 e. The second kappa shape index (κ2) is 6.42. The maximum absolute atomic E-state index is 11.3. The number of allylic oxidation sites excluding steroid dienone is 1. The lowest BCUT2D eigenvalue weighted by molar-refractivity contribution is -0.931. The summed E-state index contributed by atoms with van der Waals surface area (Å²) >= 11 is 0. The van der Waals surface area contributed by atoms with E-state index in [-0.39, 0.29) is 10.3 Å². The van der Waals surface area contributed by atoms with Crippen LogP contribution in [0.25, 0.3) is 0 Å². The molecule has 1 N–H and O–H groups in total. The number of phosphoric acid groups is 1. The van der Waals surface area contributed by atoms with Crippen LogP contribution in [0.3, 0.4) is 0 Å². The van der Waals surface area contributed by atoms with Crippen LogP contribution in [0.4, 0.5) is 0 Å². The first-order valence-electron chi connectivity index (χ1n) is 5.19. The molecule has 0 aliphatic rings. The molecular formula is C10H21NO5P+. The Morgan fingerprint density at radius 2 is 2.12 bits per heavy atom. The van der Waals surface area contributed by atoms with Crippen LogP contribution >= 0.6 is 7.82 Å². The third-order valence-corrected chi connectivity index (χ3v) is 3.70. The second-order valence-electron chi connectivity index (χ2n) is 4.28. The van der Waals surface area contributed by atoms with Crippen LogP contribution in [0, 0.1) is 0 Å². The highest BCUT2D eigenvalue weighted by molar-refractivity contribution is 7.47. The monoisotopic (exact) mass is 266 g/mol. The van der Waals surface area contributed by atoms with Gasteiger partial charge in [0.05, 0.1) is 27.1 Å². The van der Waals surface area contributed by atoms with E-state index in [1.807, 2.05) is 0 Å². The van der Waals surface area contributed by atoms with Crippen molar-refractivity contribution in [2.75, 3.05) is 27.7 Å². The lowest BCUT2D eigenvalue weighted by atomic mass is 10.2. The molecule has 100 valence electrons. The summed E-state index contributed by atoms with van der Waals surface area (Å²) in [6.45, 7) is 5.52. The largest absolute Gasteiger partial charge is 0.476 e. The quantitative estimate of drug-likeness (QED) is 0.310. The predicted octanol–water partition coefficient (Wildman–Crippen LogP) is 1.32. The molecule has 2 atom stereocenters. The van der Waals surface area contributed by atoms with Gasteiger partial charge in [0, 0.05) is 14.0 Å². The fourth-order valence-corrected chi connectivity index (χ4v) is 1.77. The van der Waals surface area contributed by atoms with Gasteiger partial charge in [0.2, 0.25) is 6.23 Å². The van der Waals surface area contributed by atoms with Crippen molar-refractivity contribution in [1.82, 2.24) is 0 Å². The third kappa shape index (κ3) is 6.10. The van der Waals surface area contributed by atoms with Crippen LogP contribution in [-0.2, 0) is 18.4 Å². The first-order chi connectivity index (χ1) is 7.64. The van der Waals surface area contributed by atoms with Gasteiger partial charge >= 0.3 is 7.82 Å². The van der Waals surface area contributed by atoms with Crippen LogP contribution < -0.4 is 0 Å². The van der Waals surface area contributed by atoms with Gasteiger partial charge in [0.15, 0.2) is 5.78 Å². The number of ketones is 1. The summed E-state index contributed by atoms with van der Waals surface area (Å²) in [6, 6.07) is 0. The Kier molecular flexibility index (Phi) is 6.23. The molecule has 0 amide bonds. The summed E-state index contributed by atoms with van der Waals surface area (Å²) in [5, 5.41) is 0. The van der Waals surface area contributed by atoms with Gasteiger partial charge in [-0.3, -0.25) is 9.32 Å². The summed E-state index contributed by atoms with van der Waals surface area (Å²) in [4.78, 5) is 20.3. The molecule has 7 heteroatoms. The number of quaternary nitrogens is 1. The van der Waals surface area contributed by atoms with E-state index in [9.17, 15) is 14.3 Å². The summed E-state index contributed by atoms with van der Waals surface area (Å²) in [5.41, 5.74) is 0. The molecule has 6 nitrogen and oxygen atoms in total.